The molecule has 0 spiro atoms. The van der Waals surface area contributed by atoms with Crippen LogP contribution in [0.4, 0.5) is 10.3 Å². The van der Waals surface area contributed by atoms with Crippen molar-refractivity contribution >= 4 is 11.9 Å². The molecule has 0 amide bonds. The minimum atomic E-state index is -0.918. The molecule has 0 aliphatic carbocycles. The zero-order valence-electron chi connectivity index (χ0n) is 12.7. The molecule has 25 heavy (non-hydrogen) atoms. The van der Waals surface area contributed by atoms with Crippen LogP contribution in [0.5, 0.6) is 0 Å². The molecule has 128 valence electrons. The minimum absolute atomic E-state index is 0.00808. The van der Waals surface area contributed by atoms with Crippen molar-refractivity contribution in [3.8, 4) is 11.5 Å². The van der Waals surface area contributed by atoms with Gasteiger partial charge in [-0.05, 0) is 37.3 Å². The summed E-state index contributed by atoms with van der Waals surface area (Å²) in [7, 11) is 0. The molecule has 0 fully saturated rings. The van der Waals surface area contributed by atoms with Crippen LogP contribution in [-0.4, -0.2) is 21.1 Å². The van der Waals surface area contributed by atoms with E-state index < -0.39 is 28.7 Å². The number of rotatable bonds is 5. The van der Waals surface area contributed by atoms with Crippen molar-refractivity contribution in [1.29, 1.82) is 0 Å². The van der Waals surface area contributed by atoms with Gasteiger partial charge in [-0.2, -0.15) is 0 Å². The molecule has 3 aromatic rings. The van der Waals surface area contributed by atoms with Crippen LogP contribution < -0.4 is 0 Å². The first-order chi connectivity index (χ1) is 11.9. The van der Waals surface area contributed by atoms with Gasteiger partial charge in [0.25, 0.3) is 5.89 Å². The van der Waals surface area contributed by atoms with Crippen LogP contribution in [0.1, 0.15) is 29.5 Å². The largest absolute Gasteiger partial charge is 0.447 e. The molecule has 3 rings (SSSR count). The van der Waals surface area contributed by atoms with Gasteiger partial charge in [-0.1, -0.05) is 0 Å². The standard InChI is InChI=1S/C15H10FN3O6/c1-8(23-15(20)11-6-7-12(24-11)19(21)22)13-17-18-14(25-13)9-2-4-10(16)5-3-9/h2-8H,1H3/t8-/m0/s1. The number of nitrogens with zero attached hydrogens (tertiary/aromatic N) is 3. The number of nitro groups is 1. The second-order valence-corrected chi connectivity index (χ2v) is 4.89. The molecule has 2 aromatic heterocycles. The third kappa shape index (κ3) is 3.52. The summed E-state index contributed by atoms with van der Waals surface area (Å²) in [4.78, 5) is 21.7. The molecule has 0 saturated carbocycles. The molecular weight excluding hydrogens is 337 g/mol. The van der Waals surface area contributed by atoms with Crippen LogP contribution in [0.3, 0.4) is 0 Å². The second kappa shape index (κ2) is 6.51. The van der Waals surface area contributed by atoms with E-state index in [0.717, 1.165) is 12.1 Å². The normalized spacial score (nSPS) is 11.9. The summed E-state index contributed by atoms with van der Waals surface area (Å²) in [5.41, 5.74) is 0.500. The van der Waals surface area contributed by atoms with Crippen LogP contribution in [0.2, 0.25) is 0 Å². The summed E-state index contributed by atoms with van der Waals surface area (Å²) in [6.45, 7) is 1.48. The molecular formula is C15H10FN3O6. The van der Waals surface area contributed by atoms with Crippen molar-refractivity contribution in [2.75, 3.05) is 0 Å². The Hall–Kier alpha value is -3.56. The van der Waals surface area contributed by atoms with E-state index in [2.05, 4.69) is 10.2 Å². The van der Waals surface area contributed by atoms with Crippen LogP contribution in [0.15, 0.2) is 45.2 Å². The molecule has 9 nitrogen and oxygen atoms in total. The van der Waals surface area contributed by atoms with Gasteiger partial charge in [0.2, 0.25) is 11.7 Å². The number of hydrogen-bond acceptors (Lipinski definition) is 8. The van der Waals surface area contributed by atoms with Crippen LogP contribution in [0.25, 0.3) is 11.5 Å². The highest BCUT2D eigenvalue weighted by atomic mass is 19.1. The summed E-state index contributed by atoms with van der Waals surface area (Å²) >= 11 is 0. The minimum Gasteiger partial charge on any atom is -0.447 e. The third-order valence-corrected chi connectivity index (χ3v) is 3.14. The highest BCUT2D eigenvalue weighted by Gasteiger charge is 2.23. The van der Waals surface area contributed by atoms with Gasteiger partial charge in [-0.15, -0.1) is 10.2 Å². The fourth-order valence-corrected chi connectivity index (χ4v) is 1.91. The zero-order valence-corrected chi connectivity index (χ0v) is 12.7. The number of esters is 1. The smallest absolute Gasteiger partial charge is 0.433 e. The maximum atomic E-state index is 12.9. The Balaban J connectivity index is 1.70. The van der Waals surface area contributed by atoms with E-state index in [-0.39, 0.29) is 17.5 Å². The van der Waals surface area contributed by atoms with Crippen molar-refractivity contribution in [3.63, 3.8) is 0 Å². The molecule has 0 aliphatic heterocycles. The van der Waals surface area contributed by atoms with Crippen molar-refractivity contribution in [2.45, 2.75) is 13.0 Å². The highest BCUT2D eigenvalue weighted by molar-refractivity contribution is 5.86. The van der Waals surface area contributed by atoms with E-state index in [1.807, 2.05) is 0 Å². The molecule has 0 N–H and O–H groups in total. The molecule has 0 bridgehead atoms. The van der Waals surface area contributed by atoms with Crippen LogP contribution >= 0.6 is 0 Å². The molecule has 10 heteroatoms. The Morgan fingerprint density at radius 3 is 2.56 bits per heavy atom. The lowest BCUT2D eigenvalue weighted by Gasteiger charge is -2.07. The predicted molar refractivity (Wildman–Crippen MR) is 78.9 cm³/mol. The van der Waals surface area contributed by atoms with E-state index in [4.69, 9.17) is 13.6 Å². The quantitative estimate of drug-likeness (QED) is 0.391. The van der Waals surface area contributed by atoms with E-state index in [1.54, 1.807) is 0 Å². The van der Waals surface area contributed by atoms with Crippen molar-refractivity contribution in [2.24, 2.45) is 0 Å². The van der Waals surface area contributed by atoms with Crippen molar-refractivity contribution in [3.05, 3.63) is 64.0 Å². The Labute approximate surface area is 139 Å². The van der Waals surface area contributed by atoms with Crippen molar-refractivity contribution in [1.82, 2.24) is 10.2 Å². The third-order valence-electron chi connectivity index (χ3n) is 3.14. The number of aromatic nitrogens is 2. The Bertz CT molecular complexity index is 918. The fourth-order valence-electron chi connectivity index (χ4n) is 1.91. The van der Waals surface area contributed by atoms with E-state index in [1.165, 1.54) is 31.2 Å². The number of carbonyl (C=O) groups is 1. The summed E-state index contributed by atoms with van der Waals surface area (Å²) in [5.74, 6) is -2.08. The average molecular weight is 347 g/mol. The van der Waals surface area contributed by atoms with Gasteiger partial charge in [-0.25, -0.2) is 9.18 Å². The maximum Gasteiger partial charge on any atom is 0.433 e. The fraction of sp³-hybridized carbons (Fsp3) is 0.133. The lowest BCUT2D eigenvalue weighted by molar-refractivity contribution is -0.402. The van der Waals surface area contributed by atoms with Crippen LogP contribution in [0, 0.1) is 15.9 Å². The zero-order chi connectivity index (χ0) is 18.0. The number of carbonyl (C=O) groups excluding carboxylic acids is 1. The number of ether oxygens (including phenoxy) is 1. The SMILES string of the molecule is C[C@H](OC(=O)c1ccc([N+](=O)[O-])o1)c1nnc(-c2ccc(F)cc2)o1. The Morgan fingerprint density at radius 1 is 1.20 bits per heavy atom. The monoisotopic (exact) mass is 347 g/mol. The topological polar surface area (TPSA) is 122 Å². The molecule has 1 atom stereocenters. The molecule has 1 aromatic carbocycles. The first-order valence-electron chi connectivity index (χ1n) is 6.98. The van der Waals surface area contributed by atoms with E-state index in [9.17, 15) is 19.3 Å². The highest BCUT2D eigenvalue weighted by Crippen LogP contribution is 2.24. The van der Waals surface area contributed by atoms with E-state index >= 15 is 0 Å². The lowest BCUT2D eigenvalue weighted by atomic mass is 10.2. The number of halogens is 1. The molecule has 0 unspecified atom stereocenters. The second-order valence-electron chi connectivity index (χ2n) is 4.89. The summed E-state index contributed by atoms with van der Waals surface area (Å²) in [6.07, 6.45) is -0.918. The maximum absolute atomic E-state index is 12.9. The summed E-state index contributed by atoms with van der Waals surface area (Å²) < 4.78 is 28.1. The van der Waals surface area contributed by atoms with Gasteiger partial charge in [0.05, 0.1) is 6.07 Å². The van der Waals surface area contributed by atoms with Gasteiger partial charge in [-0.3, -0.25) is 10.1 Å². The molecule has 0 saturated heterocycles. The Kier molecular flexibility index (Phi) is 4.25. The number of benzene rings is 1. The Morgan fingerprint density at radius 2 is 1.92 bits per heavy atom. The van der Waals surface area contributed by atoms with Gasteiger partial charge < -0.3 is 13.6 Å². The van der Waals surface area contributed by atoms with E-state index in [0.29, 0.717) is 5.56 Å². The lowest BCUT2D eigenvalue weighted by Crippen LogP contribution is -2.08. The molecule has 2 heterocycles. The van der Waals surface area contributed by atoms with Gasteiger partial charge in [0.15, 0.2) is 6.10 Å². The van der Waals surface area contributed by atoms with Crippen molar-refractivity contribution < 1.29 is 27.7 Å². The number of furan rings is 1. The molecule has 0 radical (unpaired) electrons. The van der Waals surface area contributed by atoms with Gasteiger partial charge >= 0.3 is 11.9 Å². The van der Waals surface area contributed by atoms with Gasteiger partial charge in [0, 0.05) is 5.56 Å². The first-order valence-corrected chi connectivity index (χ1v) is 6.98. The molecule has 0 aliphatic rings. The number of hydrogen-bond donors (Lipinski definition) is 0. The summed E-state index contributed by atoms with van der Waals surface area (Å²) in [5, 5.41) is 18.1. The average Bonchev–Trinajstić information content (AvgIpc) is 3.25. The first kappa shape index (κ1) is 16.3. The predicted octanol–water partition coefficient (Wildman–Crippen LogP) is 3.29. The summed E-state index contributed by atoms with van der Waals surface area (Å²) in [6, 6.07) is 7.58. The van der Waals surface area contributed by atoms with Crippen LogP contribution in [-0.2, 0) is 4.74 Å². The van der Waals surface area contributed by atoms with Gasteiger partial charge in [0.1, 0.15) is 10.7 Å².